The van der Waals surface area contributed by atoms with Crippen molar-refractivity contribution in [1.29, 1.82) is 0 Å². The number of thiazole rings is 1. The average Bonchev–Trinajstić information content (AvgIpc) is 3.16. The molecule has 1 amide bonds. The van der Waals surface area contributed by atoms with E-state index in [-0.39, 0.29) is 18.3 Å². The lowest BCUT2D eigenvalue weighted by atomic mass is 10.3. The lowest BCUT2D eigenvalue weighted by molar-refractivity contribution is 0.0986. The van der Waals surface area contributed by atoms with E-state index in [1.807, 2.05) is 37.2 Å². The van der Waals surface area contributed by atoms with Gasteiger partial charge in [-0.25, -0.2) is 4.98 Å². The van der Waals surface area contributed by atoms with Crippen molar-refractivity contribution in [1.82, 2.24) is 9.88 Å². The summed E-state index contributed by atoms with van der Waals surface area (Å²) in [6, 6.07) is 7.26. The normalized spacial score (nSPS) is 10.9. The van der Waals surface area contributed by atoms with E-state index in [9.17, 15) is 4.79 Å². The van der Waals surface area contributed by atoms with Crippen LogP contribution in [0.5, 0.6) is 5.75 Å². The summed E-state index contributed by atoms with van der Waals surface area (Å²) >= 11 is 14.8. The molecule has 0 aliphatic heterocycles. The number of carbonyl (C=O) groups is 1. The maximum Gasteiger partial charge on any atom is 0.262 e. The predicted molar refractivity (Wildman–Crippen MR) is 118 cm³/mol. The van der Waals surface area contributed by atoms with E-state index in [1.54, 1.807) is 18.1 Å². The van der Waals surface area contributed by atoms with Gasteiger partial charge in [-0.3, -0.25) is 9.69 Å². The Hall–Kier alpha value is -1.09. The standard InChI is InChI=1S/C17H17Cl2N3O2S2.ClH/c1-21(2)6-7-22(16(23)11-9-14(18)26-15(11)19)17-20-12-5-4-10(24-3)8-13(12)25-17;/h4-5,8-9H,6-7H2,1-3H3;1H. The van der Waals surface area contributed by atoms with Gasteiger partial charge in [0.1, 0.15) is 10.1 Å². The molecule has 3 aromatic rings. The molecular weight excluding hydrogens is 449 g/mol. The van der Waals surface area contributed by atoms with Gasteiger partial charge in [-0.05, 0) is 38.4 Å². The molecule has 2 aromatic heterocycles. The van der Waals surface area contributed by atoms with Gasteiger partial charge in [0.25, 0.3) is 5.91 Å². The fraction of sp³-hybridized carbons (Fsp3) is 0.294. The topological polar surface area (TPSA) is 45.7 Å². The number of benzene rings is 1. The highest BCUT2D eigenvalue weighted by molar-refractivity contribution is 7.22. The van der Waals surface area contributed by atoms with E-state index in [0.717, 1.165) is 16.0 Å². The smallest absolute Gasteiger partial charge is 0.262 e. The van der Waals surface area contributed by atoms with Gasteiger partial charge in [-0.1, -0.05) is 34.5 Å². The minimum absolute atomic E-state index is 0. The number of likely N-dealkylation sites (N-methyl/N-ethyl adjacent to an activating group) is 1. The van der Waals surface area contributed by atoms with Crippen LogP contribution in [0.25, 0.3) is 10.2 Å². The van der Waals surface area contributed by atoms with Gasteiger partial charge < -0.3 is 9.64 Å². The Balaban J connectivity index is 0.00000261. The number of nitrogens with zero attached hydrogens (tertiary/aromatic N) is 3. The molecule has 146 valence electrons. The molecule has 0 fully saturated rings. The van der Waals surface area contributed by atoms with Crippen molar-refractivity contribution in [3.63, 3.8) is 0 Å². The fourth-order valence-corrected chi connectivity index (χ4v) is 4.82. The molecule has 2 heterocycles. The van der Waals surface area contributed by atoms with Crippen LogP contribution >= 0.6 is 58.3 Å². The number of fused-ring (bicyclic) bond motifs is 1. The molecule has 0 bridgehead atoms. The second-order valence-electron chi connectivity index (χ2n) is 5.83. The van der Waals surface area contributed by atoms with Crippen LogP contribution < -0.4 is 9.64 Å². The second-order valence-corrected chi connectivity index (χ2v) is 9.12. The zero-order valence-corrected chi connectivity index (χ0v) is 18.8. The van der Waals surface area contributed by atoms with Crippen LogP contribution in [0.15, 0.2) is 24.3 Å². The molecule has 0 aliphatic rings. The maximum atomic E-state index is 13.1. The highest BCUT2D eigenvalue weighted by Crippen LogP contribution is 2.35. The molecule has 10 heteroatoms. The van der Waals surface area contributed by atoms with Gasteiger partial charge in [-0.15, -0.1) is 23.7 Å². The van der Waals surface area contributed by atoms with Crippen LogP contribution in [0.1, 0.15) is 10.4 Å². The predicted octanol–water partition coefficient (Wildman–Crippen LogP) is 5.30. The number of ether oxygens (including phenoxy) is 1. The highest BCUT2D eigenvalue weighted by Gasteiger charge is 2.25. The van der Waals surface area contributed by atoms with E-state index < -0.39 is 0 Å². The molecule has 1 aromatic carbocycles. The quantitative estimate of drug-likeness (QED) is 0.494. The first-order valence-electron chi connectivity index (χ1n) is 7.75. The van der Waals surface area contributed by atoms with Gasteiger partial charge in [-0.2, -0.15) is 0 Å². The molecule has 0 N–H and O–H groups in total. The van der Waals surface area contributed by atoms with Crippen LogP contribution in [0.3, 0.4) is 0 Å². The molecule has 27 heavy (non-hydrogen) atoms. The van der Waals surface area contributed by atoms with E-state index in [2.05, 4.69) is 4.98 Å². The molecule has 0 saturated heterocycles. The van der Waals surface area contributed by atoms with Crippen molar-refractivity contribution < 1.29 is 9.53 Å². The Bertz CT molecular complexity index is 943. The third-order valence-electron chi connectivity index (χ3n) is 3.72. The number of hydrogen-bond acceptors (Lipinski definition) is 6. The summed E-state index contributed by atoms with van der Waals surface area (Å²) in [7, 11) is 5.54. The summed E-state index contributed by atoms with van der Waals surface area (Å²) < 4.78 is 7.10. The van der Waals surface area contributed by atoms with E-state index in [4.69, 9.17) is 27.9 Å². The Labute approximate surface area is 181 Å². The number of halogens is 3. The highest BCUT2D eigenvalue weighted by atomic mass is 35.5. The molecular formula is C17H18Cl3N3O2S2. The monoisotopic (exact) mass is 465 g/mol. The summed E-state index contributed by atoms with van der Waals surface area (Å²) in [5, 5.41) is 0.624. The molecule has 0 atom stereocenters. The van der Waals surface area contributed by atoms with Crippen LogP contribution in [-0.4, -0.2) is 50.1 Å². The van der Waals surface area contributed by atoms with Gasteiger partial charge in [0.05, 0.1) is 27.2 Å². The summed E-state index contributed by atoms with van der Waals surface area (Å²) in [4.78, 5) is 21.4. The van der Waals surface area contributed by atoms with Crippen molar-refractivity contribution in [2.75, 3.05) is 39.2 Å². The Morgan fingerprint density at radius 2 is 1.93 bits per heavy atom. The summed E-state index contributed by atoms with van der Waals surface area (Å²) in [5.41, 5.74) is 1.22. The molecule has 0 radical (unpaired) electrons. The van der Waals surface area contributed by atoms with Crippen molar-refractivity contribution >= 4 is 79.5 Å². The van der Waals surface area contributed by atoms with Crippen molar-refractivity contribution in [3.05, 3.63) is 38.5 Å². The number of amides is 1. The Morgan fingerprint density at radius 3 is 2.52 bits per heavy atom. The third kappa shape index (κ3) is 5.04. The molecule has 0 aliphatic carbocycles. The van der Waals surface area contributed by atoms with Crippen LogP contribution in [0, 0.1) is 0 Å². The third-order valence-corrected chi connectivity index (χ3v) is 6.25. The van der Waals surface area contributed by atoms with Crippen molar-refractivity contribution in [2.24, 2.45) is 0 Å². The largest absolute Gasteiger partial charge is 0.497 e. The zero-order valence-electron chi connectivity index (χ0n) is 14.9. The van der Waals surface area contributed by atoms with Crippen molar-refractivity contribution in [3.8, 4) is 5.75 Å². The number of thiophene rings is 1. The number of hydrogen-bond donors (Lipinski definition) is 0. The minimum Gasteiger partial charge on any atom is -0.497 e. The average molecular weight is 467 g/mol. The molecule has 0 unspecified atom stereocenters. The Morgan fingerprint density at radius 1 is 1.19 bits per heavy atom. The van der Waals surface area contributed by atoms with Crippen LogP contribution in [-0.2, 0) is 0 Å². The number of aromatic nitrogens is 1. The molecule has 3 rings (SSSR count). The van der Waals surface area contributed by atoms with Gasteiger partial charge in [0.2, 0.25) is 0 Å². The lowest BCUT2D eigenvalue weighted by Crippen LogP contribution is -2.36. The SMILES string of the molecule is COc1ccc2nc(N(CCN(C)C)C(=O)c3cc(Cl)sc3Cl)sc2c1.Cl. The number of carbonyl (C=O) groups excluding carboxylic acids is 1. The number of methoxy groups -OCH3 is 1. The summed E-state index contributed by atoms with van der Waals surface area (Å²) in [5.74, 6) is 0.553. The summed E-state index contributed by atoms with van der Waals surface area (Å²) in [6.07, 6.45) is 0. The van der Waals surface area contributed by atoms with E-state index >= 15 is 0 Å². The van der Waals surface area contributed by atoms with Crippen LogP contribution in [0.4, 0.5) is 5.13 Å². The first kappa shape index (κ1) is 22.2. The fourth-order valence-electron chi connectivity index (χ4n) is 2.35. The van der Waals surface area contributed by atoms with Crippen molar-refractivity contribution in [2.45, 2.75) is 0 Å². The van der Waals surface area contributed by atoms with E-state index in [1.165, 1.54) is 22.7 Å². The van der Waals surface area contributed by atoms with Gasteiger partial charge in [0.15, 0.2) is 5.13 Å². The first-order chi connectivity index (χ1) is 12.4. The second kappa shape index (κ2) is 9.41. The molecule has 5 nitrogen and oxygen atoms in total. The zero-order chi connectivity index (χ0) is 18.8. The molecule has 0 saturated carbocycles. The van der Waals surface area contributed by atoms with Gasteiger partial charge in [0, 0.05) is 13.1 Å². The summed E-state index contributed by atoms with van der Waals surface area (Å²) in [6.45, 7) is 1.19. The number of anilines is 1. The van der Waals surface area contributed by atoms with E-state index in [0.29, 0.717) is 32.5 Å². The first-order valence-corrected chi connectivity index (χ1v) is 10.1. The minimum atomic E-state index is -0.203. The lowest BCUT2D eigenvalue weighted by Gasteiger charge is -2.21. The number of rotatable bonds is 6. The Kier molecular flexibility index (Phi) is 7.73. The van der Waals surface area contributed by atoms with Crippen LogP contribution in [0.2, 0.25) is 8.67 Å². The molecule has 0 spiro atoms. The maximum absolute atomic E-state index is 13.1. The van der Waals surface area contributed by atoms with Gasteiger partial charge >= 0.3 is 0 Å².